The number of nitrogens with one attached hydrogen (secondary N) is 1. The summed E-state index contributed by atoms with van der Waals surface area (Å²) in [6.45, 7) is 4.20. The molecule has 1 aromatic heterocycles. The standard InChI is InChI=1S/C13H16N2O4S/c1-9-11(13(2,3)20(17,18)19)12(16)15(14-9)10-7-5-4-6-8-10/h4-8,14H,1-3H3,(H,17,18,19). The molecule has 7 heteroatoms. The Hall–Kier alpha value is -1.86. The van der Waals surface area contributed by atoms with Crippen LogP contribution in [0.15, 0.2) is 35.1 Å². The number of aryl methyl sites for hydroxylation is 1. The number of para-hydroxylation sites is 1. The molecule has 0 aliphatic rings. The van der Waals surface area contributed by atoms with Gasteiger partial charge < -0.3 is 0 Å². The van der Waals surface area contributed by atoms with Gasteiger partial charge in [0.2, 0.25) is 0 Å². The Balaban J connectivity index is 2.72. The van der Waals surface area contributed by atoms with Crippen molar-refractivity contribution in [3.05, 3.63) is 51.9 Å². The van der Waals surface area contributed by atoms with Crippen LogP contribution in [0, 0.1) is 6.92 Å². The van der Waals surface area contributed by atoms with Gasteiger partial charge in [0.05, 0.1) is 11.3 Å². The lowest BCUT2D eigenvalue weighted by Crippen LogP contribution is -2.34. The number of H-pyrrole nitrogens is 1. The second-order valence-corrected chi connectivity index (χ2v) is 7.04. The highest BCUT2D eigenvalue weighted by atomic mass is 32.2. The van der Waals surface area contributed by atoms with E-state index in [-0.39, 0.29) is 5.56 Å². The van der Waals surface area contributed by atoms with Crippen molar-refractivity contribution in [3.8, 4) is 5.69 Å². The Bertz CT molecular complexity index is 786. The van der Waals surface area contributed by atoms with E-state index in [1.165, 1.54) is 18.5 Å². The van der Waals surface area contributed by atoms with E-state index in [0.29, 0.717) is 11.4 Å². The second-order valence-electron chi connectivity index (χ2n) is 5.07. The van der Waals surface area contributed by atoms with E-state index in [1.54, 1.807) is 31.2 Å². The molecular formula is C13H16N2O4S. The molecule has 6 nitrogen and oxygen atoms in total. The topological polar surface area (TPSA) is 92.2 Å². The van der Waals surface area contributed by atoms with Crippen LogP contribution in [0.2, 0.25) is 0 Å². The van der Waals surface area contributed by atoms with E-state index in [0.717, 1.165) is 0 Å². The number of rotatable bonds is 3. The molecule has 1 aromatic carbocycles. The molecule has 2 rings (SSSR count). The van der Waals surface area contributed by atoms with E-state index in [1.807, 2.05) is 6.07 Å². The fraction of sp³-hybridized carbons (Fsp3) is 0.308. The third kappa shape index (κ3) is 2.19. The van der Waals surface area contributed by atoms with E-state index in [4.69, 9.17) is 0 Å². The fourth-order valence-corrected chi connectivity index (χ4v) is 2.64. The average Bonchev–Trinajstić information content (AvgIpc) is 2.65. The van der Waals surface area contributed by atoms with E-state index >= 15 is 0 Å². The minimum atomic E-state index is -4.40. The first-order valence-electron chi connectivity index (χ1n) is 6.01. The van der Waals surface area contributed by atoms with Crippen LogP contribution in [0.3, 0.4) is 0 Å². The molecule has 0 saturated carbocycles. The third-order valence-corrected chi connectivity index (χ3v) is 4.83. The molecule has 0 fully saturated rings. The van der Waals surface area contributed by atoms with E-state index in [2.05, 4.69) is 5.10 Å². The molecule has 2 aromatic rings. The predicted octanol–water partition coefficient (Wildman–Crippen LogP) is 1.60. The van der Waals surface area contributed by atoms with Crippen molar-refractivity contribution in [3.63, 3.8) is 0 Å². The van der Waals surface area contributed by atoms with Crippen molar-refractivity contribution >= 4 is 10.1 Å². The molecule has 20 heavy (non-hydrogen) atoms. The van der Waals surface area contributed by atoms with Gasteiger partial charge in [0.1, 0.15) is 4.75 Å². The minimum Gasteiger partial charge on any atom is -0.295 e. The van der Waals surface area contributed by atoms with Gasteiger partial charge in [0, 0.05) is 5.69 Å². The first kappa shape index (κ1) is 14.5. The van der Waals surface area contributed by atoms with E-state index < -0.39 is 20.4 Å². The monoisotopic (exact) mass is 296 g/mol. The van der Waals surface area contributed by atoms with Gasteiger partial charge in [-0.15, -0.1) is 0 Å². The number of nitrogens with zero attached hydrogens (tertiary/aromatic N) is 1. The zero-order chi connectivity index (χ0) is 15.1. The van der Waals surface area contributed by atoms with Crippen LogP contribution in [-0.4, -0.2) is 22.8 Å². The number of aromatic nitrogens is 2. The van der Waals surface area contributed by atoms with Crippen LogP contribution in [0.5, 0.6) is 0 Å². The lowest BCUT2D eigenvalue weighted by molar-refractivity contribution is 0.444. The average molecular weight is 296 g/mol. The lowest BCUT2D eigenvalue weighted by atomic mass is 10.0. The summed E-state index contributed by atoms with van der Waals surface area (Å²) in [5.41, 5.74) is 0.541. The van der Waals surface area contributed by atoms with Crippen molar-refractivity contribution in [2.24, 2.45) is 0 Å². The molecule has 0 bridgehead atoms. The summed E-state index contributed by atoms with van der Waals surface area (Å²) in [4.78, 5) is 12.4. The molecule has 108 valence electrons. The Kier molecular flexibility index (Phi) is 3.35. The summed E-state index contributed by atoms with van der Waals surface area (Å²) < 4.78 is 31.9. The summed E-state index contributed by atoms with van der Waals surface area (Å²) in [5, 5.41) is 2.84. The molecule has 0 unspecified atom stereocenters. The van der Waals surface area contributed by atoms with Crippen molar-refractivity contribution < 1.29 is 13.0 Å². The molecule has 0 spiro atoms. The first-order valence-corrected chi connectivity index (χ1v) is 7.45. The van der Waals surface area contributed by atoms with Gasteiger partial charge in [0.15, 0.2) is 0 Å². The molecular weight excluding hydrogens is 280 g/mol. The smallest absolute Gasteiger partial charge is 0.276 e. The number of aromatic amines is 1. The minimum absolute atomic E-state index is 0.0313. The van der Waals surface area contributed by atoms with Crippen molar-refractivity contribution in [2.75, 3.05) is 0 Å². The highest BCUT2D eigenvalue weighted by Crippen LogP contribution is 2.28. The van der Waals surface area contributed by atoms with Gasteiger partial charge in [-0.05, 0) is 32.9 Å². The lowest BCUT2D eigenvalue weighted by Gasteiger charge is -2.19. The second kappa shape index (κ2) is 4.60. The summed E-state index contributed by atoms with van der Waals surface area (Å²) >= 11 is 0. The van der Waals surface area contributed by atoms with Crippen molar-refractivity contribution in [2.45, 2.75) is 25.5 Å². The van der Waals surface area contributed by atoms with Gasteiger partial charge in [-0.25, -0.2) is 4.68 Å². The van der Waals surface area contributed by atoms with Crippen LogP contribution in [0.1, 0.15) is 25.1 Å². The number of hydrogen-bond donors (Lipinski definition) is 2. The number of hydrogen-bond acceptors (Lipinski definition) is 3. The molecule has 0 atom stereocenters. The maximum absolute atomic E-state index is 12.4. The van der Waals surface area contributed by atoms with Crippen LogP contribution in [0.4, 0.5) is 0 Å². The normalized spacial score (nSPS) is 12.6. The zero-order valence-corrected chi connectivity index (χ0v) is 12.2. The van der Waals surface area contributed by atoms with Gasteiger partial charge in [-0.3, -0.25) is 14.4 Å². The first-order chi connectivity index (χ1) is 9.16. The zero-order valence-electron chi connectivity index (χ0n) is 11.4. The largest absolute Gasteiger partial charge is 0.295 e. The van der Waals surface area contributed by atoms with Crippen LogP contribution in [0.25, 0.3) is 5.69 Å². The van der Waals surface area contributed by atoms with Crippen LogP contribution < -0.4 is 5.56 Å². The highest BCUT2D eigenvalue weighted by molar-refractivity contribution is 7.86. The molecule has 2 N–H and O–H groups in total. The molecule has 1 heterocycles. The molecule has 0 aliphatic heterocycles. The Labute approximate surface area is 116 Å². The van der Waals surface area contributed by atoms with Crippen molar-refractivity contribution in [1.82, 2.24) is 9.78 Å². The van der Waals surface area contributed by atoms with Crippen LogP contribution in [-0.2, 0) is 14.9 Å². The fourth-order valence-electron chi connectivity index (χ4n) is 2.14. The van der Waals surface area contributed by atoms with Crippen LogP contribution >= 0.6 is 0 Å². The molecule has 0 radical (unpaired) electrons. The number of benzene rings is 1. The maximum Gasteiger partial charge on any atom is 0.276 e. The summed E-state index contributed by atoms with van der Waals surface area (Å²) in [7, 11) is -4.40. The van der Waals surface area contributed by atoms with Gasteiger partial charge in [0.25, 0.3) is 15.7 Å². The SMILES string of the molecule is Cc1[nH]n(-c2ccccc2)c(=O)c1C(C)(C)S(=O)(=O)O. The Morgan fingerprint density at radius 3 is 2.25 bits per heavy atom. The quantitative estimate of drug-likeness (QED) is 0.841. The van der Waals surface area contributed by atoms with Gasteiger partial charge in [-0.2, -0.15) is 8.42 Å². The predicted molar refractivity (Wildman–Crippen MR) is 75.7 cm³/mol. The maximum atomic E-state index is 12.4. The van der Waals surface area contributed by atoms with Crippen molar-refractivity contribution in [1.29, 1.82) is 0 Å². The summed E-state index contributed by atoms with van der Waals surface area (Å²) in [5.74, 6) is 0. The highest BCUT2D eigenvalue weighted by Gasteiger charge is 2.40. The van der Waals surface area contributed by atoms with E-state index in [9.17, 15) is 17.8 Å². The Morgan fingerprint density at radius 2 is 1.75 bits per heavy atom. The van der Waals surface area contributed by atoms with Gasteiger partial charge in [-0.1, -0.05) is 18.2 Å². The third-order valence-electron chi connectivity index (χ3n) is 3.33. The summed E-state index contributed by atoms with van der Waals surface area (Å²) in [6.07, 6.45) is 0. The molecule has 0 aliphatic carbocycles. The molecule has 0 saturated heterocycles. The van der Waals surface area contributed by atoms with Gasteiger partial charge >= 0.3 is 0 Å². The summed E-state index contributed by atoms with van der Waals surface area (Å²) in [6, 6.07) is 8.80. The molecule has 0 amide bonds. The Morgan fingerprint density at radius 1 is 1.20 bits per heavy atom.